The van der Waals surface area contributed by atoms with Crippen molar-refractivity contribution in [3.63, 3.8) is 0 Å². The monoisotopic (exact) mass is 529 g/mol. The molecule has 0 saturated heterocycles. The lowest BCUT2D eigenvalue weighted by Crippen LogP contribution is -2.60. The van der Waals surface area contributed by atoms with E-state index in [9.17, 15) is 0 Å². The number of para-hydroxylation sites is 4. The molecular weight excluding hydrogens is 478 g/mol. The lowest BCUT2D eigenvalue weighted by Gasteiger charge is -2.45. The number of rotatable bonds is 10. The van der Waals surface area contributed by atoms with Gasteiger partial charge in [-0.25, -0.2) is 0 Å². The van der Waals surface area contributed by atoms with Gasteiger partial charge in [-0.2, -0.15) is 0 Å². The topological polar surface area (TPSA) is 25.0 Å². The standard InChI is InChI=1S/C34H51N5/c1-3-5-23-36-25-38(33-21-13-11-19-31(33)36)29-17-9-7-15-27(29)35-28-16-8-10-18-30(28)39-26-37(24-6-4-2)32-20-12-14-22-34(32)39/h11-14,19-22,27-30,35H,3-10,15-18,23-26H2,1-2H3. The molecule has 2 aromatic rings. The Kier molecular flexibility index (Phi) is 8.53. The summed E-state index contributed by atoms with van der Waals surface area (Å²) in [6.45, 7) is 9.07. The van der Waals surface area contributed by atoms with E-state index < -0.39 is 0 Å². The number of fused-ring (bicyclic) bond motifs is 2. The van der Waals surface area contributed by atoms with Gasteiger partial charge in [-0.1, -0.05) is 76.6 Å². The van der Waals surface area contributed by atoms with Crippen molar-refractivity contribution in [2.45, 2.75) is 115 Å². The van der Waals surface area contributed by atoms with Crippen LogP contribution < -0.4 is 24.9 Å². The van der Waals surface area contributed by atoms with Crippen molar-refractivity contribution in [3.8, 4) is 0 Å². The van der Waals surface area contributed by atoms with Crippen LogP contribution in [0.5, 0.6) is 0 Å². The Balaban J connectivity index is 1.21. The van der Waals surface area contributed by atoms with Gasteiger partial charge in [0, 0.05) is 37.3 Å². The minimum absolute atomic E-state index is 0.567. The molecule has 2 aliphatic carbocycles. The largest absolute Gasteiger partial charge is 0.352 e. The smallest absolute Gasteiger partial charge is 0.0907 e. The summed E-state index contributed by atoms with van der Waals surface area (Å²) in [5.41, 5.74) is 5.83. The number of nitrogens with zero attached hydrogens (tertiary/aromatic N) is 4. The number of nitrogens with one attached hydrogen (secondary N) is 1. The number of anilines is 4. The van der Waals surface area contributed by atoms with Crippen LogP contribution in [0.4, 0.5) is 22.7 Å². The van der Waals surface area contributed by atoms with Crippen molar-refractivity contribution in [2.24, 2.45) is 0 Å². The molecular formula is C34H51N5. The predicted molar refractivity (Wildman–Crippen MR) is 167 cm³/mol. The zero-order chi connectivity index (χ0) is 26.6. The van der Waals surface area contributed by atoms with Crippen molar-refractivity contribution in [2.75, 3.05) is 46.0 Å². The van der Waals surface area contributed by atoms with Gasteiger partial charge in [-0.15, -0.1) is 0 Å². The second-order valence-electron chi connectivity index (χ2n) is 12.5. The second kappa shape index (κ2) is 12.4. The molecule has 4 unspecified atom stereocenters. The van der Waals surface area contributed by atoms with E-state index in [1.54, 1.807) is 0 Å². The fraction of sp³-hybridized carbons (Fsp3) is 0.647. The van der Waals surface area contributed by atoms with Crippen LogP contribution in [0, 0.1) is 0 Å². The predicted octanol–water partition coefficient (Wildman–Crippen LogP) is 7.37. The van der Waals surface area contributed by atoms with Gasteiger partial charge in [0.2, 0.25) is 0 Å². The highest BCUT2D eigenvalue weighted by Gasteiger charge is 2.41. The van der Waals surface area contributed by atoms with Gasteiger partial charge in [0.05, 0.1) is 36.1 Å². The molecule has 212 valence electrons. The maximum Gasteiger partial charge on any atom is 0.0907 e. The highest BCUT2D eigenvalue weighted by Crippen LogP contribution is 2.42. The Labute approximate surface area is 237 Å². The number of hydrogen-bond donors (Lipinski definition) is 1. The SMILES string of the molecule is CCCCN1CN(C2CCCCC2NC2CCCCC2N2CN(CCCC)c3ccccc32)c2ccccc21. The summed E-state index contributed by atoms with van der Waals surface area (Å²) in [5.74, 6) is 0. The molecule has 0 amide bonds. The highest BCUT2D eigenvalue weighted by molar-refractivity contribution is 5.77. The third-order valence-electron chi connectivity index (χ3n) is 9.96. The molecule has 6 rings (SSSR count). The van der Waals surface area contributed by atoms with Crippen LogP contribution >= 0.6 is 0 Å². The van der Waals surface area contributed by atoms with Gasteiger partial charge in [-0.3, -0.25) is 0 Å². The molecule has 0 spiro atoms. The van der Waals surface area contributed by atoms with Gasteiger partial charge in [0.25, 0.3) is 0 Å². The van der Waals surface area contributed by atoms with Crippen LogP contribution in [0.25, 0.3) is 0 Å². The Morgan fingerprint density at radius 3 is 1.44 bits per heavy atom. The van der Waals surface area contributed by atoms with E-state index in [-0.39, 0.29) is 0 Å². The highest BCUT2D eigenvalue weighted by atomic mass is 15.4. The Bertz CT molecular complexity index is 988. The van der Waals surface area contributed by atoms with E-state index in [1.165, 1.54) is 113 Å². The summed E-state index contributed by atoms with van der Waals surface area (Å²) >= 11 is 0. The third-order valence-corrected chi connectivity index (χ3v) is 9.96. The normalized spacial score (nSPS) is 26.7. The minimum atomic E-state index is 0.567. The summed E-state index contributed by atoms with van der Waals surface area (Å²) in [4.78, 5) is 10.8. The average Bonchev–Trinajstić information content (AvgIpc) is 3.54. The molecule has 0 radical (unpaired) electrons. The van der Waals surface area contributed by atoms with Crippen molar-refractivity contribution in [3.05, 3.63) is 48.5 Å². The second-order valence-corrected chi connectivity index (χ2v) is 12.5. The van der Waals surface area contributed by atoms with Crippen LogP contribution in [0.1, 0.15) is 90.9 Å². The Morgan fingerprint density at radius 1 is 0.590 bits per heavy atom. The van der Waals surface area contributed by atoms with Crippen molar-refractivity contribution in [1.29, 1.82) is 0 Å². The van der Waals surface area contributed by atoms with Crippen LogP contribution in [0.3, 0.4) is 0 Å². The molecule has 5 nitrogen and oxygen atoms in total. The molecule has 4 aliphatic rings. The fourth-order valence-corrected chi connectivity index (χ4v) is 7.90. The van der Waals surface area contributed by atoms with Crippen molar-refractivity contribution in [1.82, 2.24) is 5.32 Å². The molecule has 2 heterocycles. The molecule has 0 bridgehead atoms. The first-order valence-corrected chi connectivity index (χ1v) is 16.3. The van der Waals surface area contributed by atoms with Crippen LogP contribution in [0.2, 0.25) is 0 Å². The first-order chi connectivity index (χ1) is 19.3. The van der Waals surface area contributed by atoms with Crippen molar-refractivity contribution < 1.29 is 0 Å². The summed E-state index contributed by atoms with van der Waals surface area (Å²) in [7, 11) is 0. The molecule has 2 aliphatic heterocycles. The van der Waals surface area contributed by atoms with E-state index in [0.717, 1.165) is 13.3 Å². The van der Waals surface area contributed by atoms with Gasteiger partial charge in [-0.05, 0) is 62.8 Å². The van der Waals surface area contributed by atoms with Gasteiger partial charge < -0.3 is 24.9 Å². The molecule has 2 saturated carbocycles. The Morgan fingerprint density at radius 2 is 1.00 bits per heavy atom. The van der Waals surface area contributed by atoms with Gasteiger partial charge in [0.1, 0.15) is 0 Å². The first-order valence-electron chi connectivity index (χ1n) is 16.3. The molecule has 1 N–H and O–H groups in total. The molecule has 2 fully saturated rings. The fourth-order valence-electron chi connectivity index (χ4n) is 7.90. The average molecular weight is 530 g/mol. The van der Waals surface area contributed by atoms with Crippen LogP contribution in [-0.2, 0) is 0 Å². The lowest BCUT2D eigenvalue weighted by atomic mass is 9.84. The maximum atomic E-state index is 4.37. The zero-order valence-corrected chi connectivity index (χ0v) is 24.5. The van der Waals surface area contributed by atoms with E-state index in [0.29, 0.717) is 24.2 Å². The van der Waals surface area contributed by atoms with E-state index >= 15 is 0 Å². The summed E-state index contributed by atoms with van der Waals surface area (Å²) in [6, 6.07) is 20.7. The van der Waals surface area contributed by atoms with E-state index in [4.69, 9.17) is 0 Å². The number of unbranched alkanes of at least 4 members (excludes halogenated alkanes) is 2. The van der Waals surface area contributed by atoms with Crippen LogP contribution in [-0.4, -0.2) is 50.6 Å². The molecule has 0 aromatic heterocycles. The minimum Gasteiger partial charge on any atom is -0.352 e. The Hall–Kier alpha value is -2.40. The molecule has 39 heavy (non-hydrogen) atoms. The number of benzene rings is 2. The molecule has 2 aromatic carbocycles. The van der Waals surface area contributed by atoms with E-state index in [1.807, 2.05) is 0 Å². The first kappa shape index (κ1) is 26.8. The lowest BCUT2D eigenvalue weighted by molar-refractivity contribution is 0.237. The summed E-state index contributed by atoms with van der Waals surface area (Å²) in [5, 5.41) is 4.37. The quantitative estimate of drug-likeness (QED) is 0.347. The third kappa shape index (κ3) is 5.49. The van der Waals surface area contributed by atoms with Gasteiger partial charge >= 0.3 is 0 Å². The molecule has 5 heteroatoms. The summed E-state index contributed by atoms with van der Waals surface area (Å²) < 4.78 is 0. The maximum absolute atomic E-state index is 4.37. The van der Waals surface area contributed by atoms with Crippen LogP contribution in [0.15, 0.2) is 48.5 Å². The summed E-state index contributed by atoms with van der Waals surface area (Å²) in [6.07, 6.45) is 15.7. The van der Waals surface area contributed by atoms with Crippen molar-refractivity contribution >= 4 is 22.7 Å². The zero-order valence-electron chi connectivity index (χ0n) is 24.5. The van der Waals surface area contributed by atoms with Gasteiger partial charge in [0.15, 0.2) is 0 Å². The number of hydrogen-bond acceptors (Lipinski definition) is 5. The molecule has 4 atom stereocenters. The van der Waals surface area contributed by atoms with E-state index in [2.05, 4.69) is 87.3 Å².